The molecule has 0 radical (unpaired) electrons. The lowest BCUT2D eigenvalue weighted by Crippen LogP contribution is -2.23. The lowest BCUT2D eigenvalue weighted by molar-refractivity contribution is 0.295. The molecule has 0 unspecified atom stereocenters. The van der Waals surface area contributed by atoms with Crippen LogP contribution in [0.2, 0.25) is 0 Å². The highest BCUT2D eigenvalue weighted by molar-refractivity contribution is 7.79. The van der Waals surface area contributed by atoms with Crippen LogP contribution in [-0.2, 0) is 10.4 Å². The van der Waals surface area contributed by atoms with Crippen LogP contribution in [0.15, 0.2) is 0 Å². The minimum atomic E-state index is -4.67. The summed E-state index contributed by atoms with van der Waals surface area (Å²) in [6.45, 7) is 10.6. The molecule has 6 heteroatoms. The Hall–Kier alpha value is -0.170. The number of nitrogens with zero attached hydrogens (tertiary/aromatic N) is 1. The number of hydrogen-bond acceptors (Lipinski definition) is 3. The van der Waals surface area contributed by atoms with Crippen molar-refractivity contribution in [3.05, 3.63) is 0 Å². The van der Waals surface area contributed by atoms with Crippen LogP contribution in [0.4, 0.5) is 0 Å². The number of unbranched alkanes of at least 4 members (excludes halogenated alkanes) is 9. The summed E-state index contributed by atoms with van der Waals surface area (Å²) in [4.78, 5) is 2.53. The fourth-order valence-electron chi connectivity index (χ4n) is 2.36. The first-order chi connectivity index (χ1) is 10.3. The van der Waals surface area contributed by atoms with Crippen LogP contribution in [-0.4, -0.2) is 42.1 Å². The summed E-state index contributed by atoms with van der Waals surface area (Å²) in [5, 5.41) is 0. The molecule has 0 heterocycles. The van der Waals surface area contributed by atoms with Gasteiger partial charge in [0.2, 0.25) is 0 Å². The van der Waals surface area contributed by atoms with Crippen LogP contribution in [0.1, 0.15) is 85.0 Å². The Morgan fingerprint density at radius 1 is 0.682 bits per heavy atom. The van der Waals surface area contributed by atoms with Crippen LogP contribution >= 0.6 is 0 Å². The van der Waals surface area contributed by atoms with Crippen molar-refractivity contribution >= 4 is 10.4 Å². The molecule has 2 N–H and O–H groups in total. The maximum Gasteiger partial charge on any atom is 0.394 e. The van der Waals surface area contributed by atoms with E-state index in [1.165, 1.54) is 83.8 Å². The van der Waals surface area contributed by atoms with E-state index in [0.29, 0.717) is 0 Å². The molecule has 0 spiro atoms. The highest BCUT2D eigenvalue weighted by Crippen LogP contribution is 2.10. The Balaban J connectivity index is 0. The SMILES string of the molecule is CCCCCCCCCCCCN(CC)CC.O=S(=O)(O)O. The van der Waals surface area contributed by atoms with E-state index in [1.54, 1.807) is 0 Å². The molecule has 22 heavy (non-hydrogen) atoms. The summed E-state index contributed by atoms with van der Waals surface area (Å²) in [5.74, 6) is 0. The predicted molar refractivity (Wildman–Crippen MR) is 93.8 cm³/mol. The van der Waals surface area contributed by atoms with Crippen LogP contribution in [0.3, 0.4) is 0 Å². The molecule has 0 fully saturated rings. The molecule has 0 aliphatic rings. The van der Waals surface area contributed by atoms with Gasteiger partial charge in [-0.25, -0.2) is 0 Å². The van der Waals surface area contributed by atoms with Crippen molar-refractivity contribution in [2.45, 2.75) is 85.0 Å². The van der Waals surface area contributed by atoms with Crippen molar-refractivity contribution < 1.29 is 17.5 Å². The third kappa shape index (κ3) is 28.1. The van der Waals surface area contributed by atoms with Crippen molar-refractivity contribution in [1.29, 1.82) is 0 Å². The molecule has 0 aromatic rings. The van der Waals surface area contributed by atoms with Crippen molar-refractivity contribution in [1.82, 2.24) is 4.90 Å². The Morgan fingerprint density at radius 3 is 1.32 bits per heavy atom. The lowest BCUT2D eigenvalue weighted by atomic mass is 10.1. The summed E-state index contributed by atoms with van der Waals surface area (Å²) in [6, 6.07) is 0. The smallest absolute Gasteiger partial charge is 0.304 e. The van der Waals surface area contributed by atoms with Gasteiger partial charge in [-0.05, 0) is 26.1 Å². The Labute approximate surface area is 138 Å². The average molecular weight is 340 g/mol. The largest absolute Gasteiger partial charge is 0.394 e. The van der Waals surface area contributed by atoms with Crippen LogP contribution in [0, 0.1) is 0 Å². The predicted octanol–water partition coefficient (Wildman–Crippen LogP) is 4.60. The standard InChI is InChI=1S/C16H35N.H2O4S/c1-4-7-8-9-10-11-12-13-14-15-16-17(5-2)6-3;1-5(2,3)4/h4-16H2,1-3H3;(H2,1,2,3,4). The molecule has 0 aliphatic carbocycles. The van der Waals surface area contributed by atoms with E-state index in [0.717, 1.165) is 0 Å². The first kappa shape index (κ1) is 24.1. The molecule has 5 nitrogen and oxygen atoms in total. The lowest BCUT2D eigenvalue weighted by Gasteiger charge is -2.17. The van der Waals surface area contributed by atoms with Crippen LogP contribution in [0.5, 0.6) is 0 Å². The quantitative estimate of drug-likeness (QED) is 0.379. The zero-order valence-corrected chi connectivity index (χ0v) is 15.6. The molecule has 0 aromatic carbocycles. The number of rotatable bonds is 13. The minimum Gasteiger partial charge on any atom is -0.304 e. The summed E-state index contributed by atoms with van der Waals surface area (Å²) < 4.78 is 31.6. The third-order valence-electron chi connectivity index (χ3n) is 3.72. The molecule has 0 saturated carbocycles. The maximum atomic E-state index is 8.74. The van der Waals surface area contributed by atoms with Gasteiger partial charge in [-0.1, -0.05) is 78.6 Å². The van der Waals surface area contributed by atoms with E-state index in [2.05, 4.69) is 25.7 Å². The fourth-order valence-corrected chi connectivity index (χ4v) is 2.36. The molecular weight excluding hydrogens is 302 g/mol. The van der Waals surface area contributed by atoms with Crippen molar-refractivity contribution in [2.24, 2.45) is 0 Å². The molecule has 0 bridgehead atoms. The zero-order chi connectivity index (χ0) is 17.3. The molecule has 0 rings (SSSR count). The highest BCUT2D eigenvalue weighted by atomic mass is 32.3. The Morgan fingerprint density at radius 2 is 1.00 bits per heavy atom. The van der Waals surface area contributed by atoms with Gasteiger partial charge >= 0.3 is 10.4 Å². The van der Waals surface area contributed by atoms with Crippen LogP contribution < -0.4 is 0 Å². The third-order valence-corrected chi connectivity index (χ3v) is 3.72. The molecule has 0 aromatic heterocycles. The topological polar surface area (TPSA) is 77.8 Å². The highest BCUT2D eigenvalue weighted by Gasteiger charge is 1.98. The van der Waals surface area contributed by atoms with E-state index in [-0.39, 0.29) is 0 Å². The summed E-state index contributed by atoms with van der Waals surface area (Å²) in [5.41, 5.74) is 0. The normalized spacial score (nSPS) is 11.4. The summed E-state index contributed by atoms with van der Waals surface area (Å²) in [6.07, 6.45) is 14.4. The summed E-state index contributed by atoms with van der Waals surface area (Å²) >= 11 is 0. The molecular formula is C16H37NO4S. The second kappa shape index (κ2) is 17.2. The van der Waals surface area contributed by atoms with Gasteiger partial charge in [0.05, 0.1) is 0 Å². The average Bonchev–Trinajstić information content (AvgIpc) is 2.43. The monoisotopic (exact) mass is 339 g/mol. The zero-order valence-electron chi connectivity index (χ0n) is 14.8. The first-order valence-electron chi connectivity index (χ1n) is 8.77. The van der Waals surface area contributed by atoms with E-state index in [1.807, 2.05) is 0 Å². The molecule has 136 valence electrons. The summed E-state index contributed by atoms with van der Waals surface area (Å²) in [7, 11) is -4.67. The van der Waals surface area contributed by atoms with Gasteiger partial charge in [-0.2, -0.15) is 8.42 Å². The van der Waals surface area contributed by atoms with Crippen LogP contribution in [0.25, 0.3) is 0 Å². The van der Waals surface area contributed by atoms with Gasteiger partial charge in [-0.3, -0.25) is 9.11 Å². The number of hydrogen-bond donors (Lipinski definition) is 2. The van der Waals surface area contributed by atoms with Gasteiger partial charge in [0.25, 0.3) is 0 Å². The Bertz CT molecular complexity index is 295. The van der Waals surface area contributed by atoms with Gasteiger partial charge in [-0.15, -0.1) is 0 Å². The van der Waals surface area contributed by atoms with E-state index in [4.69, 9.17) is 17.5 Å². The van der Waals surface area contributed by atoms with E-state index in [9.17, 15) is 0 Å². The van der Waals surface area contributed by atoms with Crippen molar-refractivity contribution in [3.63, 3.8) is 0 Å². The second-order valence-corrected chi connectivity index (χ2v) is 6.55. The molecule has 0 saturated heterocycles. The van der Waals surface area contributed by atoms with E-state index < -0.39 is 10.4 Å². The maximum absolute atomic E-state index is 8.74. The second-order valence-electron chi connectivity index (χ2n) is 5.66. The van der Waals surface area contributed by atoms with Gasteiger partial charge in [0, 0.05) is 0 Å². The fraction of sp³-hybridized carbons (Fsp3) is 1.00. The minimum absolute atomic E-state index is 1.22. The van der Waals surface area contributed by atoms with Crippen molar-refractivity contribution in [2.75, 3.05) is 19.6 Å². The molecule has 0 aliphatic heterocycles. The van der Waals surface area contributed by atoms with Gasteiger partial charge in [0.1, 0.15) is 0 Å². The first-order valence-corrected chi connectivity index (χ1v) is 10.2. The molecule has 0 amide bonds. The molecule has 0 atom stereocenters. The van der Waals surface area contributed by atoms with Gasteiger partial charge < -0.3 is 4.90 Å². The Kier molecular flexibility index (Phi) is 18.8. The van der Waals surface area contributed by atoms with E-state index >= 15 is 0 Å². The van der Waals surface area contributed by atoms with Crippen molar-refractivity contribution in [3.8, 4) is 0 Å². The van der Waals surface area contributed by atoms with Gasteiger partial charge in [0.15, 0.2) is 0 Å².